The summed E-state index contributed by atoms with van der Waals surface area (Å²) in [7, 11) is 1.99. The molecule has 2 aromatic carbocycles. The molecule has 0 fully saturated rings. The molecule has 0 aliphatic carbocycles. The van der Waals surface area contributed by atoms with Gasteiger partial charge in [-0.25, -0.2) is 0 Å². The van der Waals surface area contributed by atoms with Gasteiger partial charge < -0.3 is 10.1 Å². The summed E-state index contributed by atoms with van der Waals surface area (Å²) in [5.41, 5.74) is 3.81. The fraction of sp³-hybridized carbons (Fsp3) is 0.294. The third-order valence-electron chi connectivity index (χ3n) is 3.19. The maximum atomic E-state index is 5.48. The standard InChI is InChI=1S/C17H21NO/c1-4-19-16-10-8-14(9-11-16)17(18-3)15-7-5-6-13(2)12-15/h5-12,17-18H,4H2,1-3H3. The van der Waals surface area contributed by atoms with Crippen LogP contribution in [-0.4, -0.2) is 13.7 Å². The highest BCUT2D eigenvalue weighted by Gasteiger charge is 2.11. The van der Waals surface area contributed by atoms with Crippen LogP contribution in [0.5, 0.6) is 5.75 Å². The summed E-state index contributed by atoms with van der Waals surface area (Å²) >= 11 is 0. The minimum Gasteiger partial charge on any atom is -0.494 e. The third-order valence-corrected chi connectivity index (χ3v) is 3.19. The molecule has 1 N–H and O–H groups in total. The topological polar surface area (TPSA) is 21.3 Å². The van der Waals surface area contributed by atoms with Crippen molar-refractivity contribution in [1.29, 1.82) is 0 Å². The van der Waals surface area contributed by atoms with Gasteiger partial charge in [0.15, 0.2) is 0 Å². The first-order valence-electron chi connectivity index (χ1n) is 6.71. The number of nitrogens with one attached hydrogen (secondary N) is 1. The number of hydrogen-bond acceptors (Lipinski definition) is 2. The molecule has 0 radical (unpaired) electrons. The van der Waals surface area contributed by atoms with E-state index in [1.165, 1.54) is 16.7 Å². The first kappa shape index (κ1) is 13.6. The predicted octanol–water partition coefficient (Wildman–Crippen LogP) is 3.70. The minimum absolute atomic E-state index is 0.218. The minimum atomic E-state index is 0.218. The van der Waals surface area contributed by atoms with E-state index in [0.717, 1.165) is 5.75 Å². The summed E-state index contributed by atoms with van der Waals surface area (Å²) in [6, 6.07) is 17.1. The van der Waals surface area contributed by atoms with Gasteiger partial charge in [0.05, 0.1) is 12.6 Å². The Hall–Kier alpha value is -1.80. The van der Waals surface area contributed by atoms with Crippen molar-refractivity contribution in [3.8, 4) is 5.75 Å². The van der Waals surface area contributed by atoms with Crippen LogP contribution >= 0.6 is 0 Å². The molecular weight excluding hydrogens is 234 g/mol. The van der Waals surface area contributed by atoms with Crippen LogP contribution in [0.15, 0.2) is 48.5 Å². The van der Waals surface area contributed by atoms with Gasteiger partial charge in [0.2, 0.25) is 0 Å². The van der Waals surface area contributed by atoms with Crippen LogP contribution in [0.25, 0.3) is 0 Å². The Bertz CT molecular complexity index is 519. The second kappa shape index (κ2) is 6.39. The monoisotopic (exact) mass is 255 g/mol. The Kier molecular flexibility index (Phi) is 4.58. The van der Waals surface area contributed by atoms with Crippen LogP contribution in [0.1, 0.15) is 29.7 Å². The molecule has 0 spiro atoms. The van der Waals surface area contributed by atoms with Crippen molar-refractivity contribution in [2.75, 3.05) is 13.7 Å². The predicted molar refractivity (Wildman–Crippen MR) is 79.7 cm³/mol. The highest BCUT2D eigenvalue weighted by molar-refractivity contribution is 5.36. The second-order valence-electron chi connectivity index (χ2n) is 4.64. The molecule has 19 heavy (non-hydrogen) atoms. The zero-order valence-electron chi connectivity index (χ0n) is 11.8. The van der Waals surface area contributed by atoms with Gasteiger partial charge in [-0.1, -0.05) is 42.0 Å². The molecule has 2 nitrogen and oxygen atoms in total. The molecular formula is C17H21NO. The van der Waals surface area contributed by atoms with Gasteiger partial charge in [-0.3, -0.25) is 0 Å². The Labute approximate surface area is 115 Å². The highest BCUT2D eigenvalue weighted by atomic mass is 16.5. The molecule has 0 amide bonds. The fourth-order valence-electron chi connectivity index (χ4n) is 2.30. The first-order chi connectivity index (χ1) is 9.24. The van der Waals surface area contributed by atoms with Gasteiger partial charge in [-0.05, 0) is 44.2 Å². The van der Waals surface area contributed by atoms with Crippen LogP contribution in [0, 0.1) is 6.92 Å². The van der Waals surface area contributed by atoms with E-state index >= 15 is 0 Å². The van der Waals surface area contributed by atoms with Gasteiger partial charge in [0.1, 0.15) is 5.75 Å². The first-order valence-corrected chi connectivity index (χ1v) is 6.71. The van der Waals surface area contributed by atoms with E-state index in [-0.39, 0.29) is 6.04 Å². The van der Waals surface area contributed by atoms with E-state index in [9.17, 15) is 0 Å². The van der Waals surface area contributed by atoms with Gasteiger partial charge in [0, 0.05) is 0 Å². The van der Waals surface area contributed by atoms with Crippen LogP contribution in [0.3, 0.4) is 0 Å². The van der Waals surface area contributed by atoms with Crippen molar-refractivity contribution in [1.82, 2.24) is 5.32 Å². The number of benzene rings is 2. The van der Waals surface area contributed by atoms with Crippen molar-refractivity contribution < 1.29 is 4.74 Å². The Morgan fingerprint density at radius 1 is 1.05 bits per heavy atom. The highest BCUT2D eigenvalue weighted by Crippen LogP contribution is 2.24. The Balaban J connectivity index is 2.26. The van der Waals surface area contributed by atoms with Gasteiger partial charge >= 0.3 is 0 Å². The summed E-state index contributed by atoms with van der Waals surface area (Å²) in [5.74, 6) is 0.922. The molecule has 2 aromatic rings. The lowest BCUT2D eigenvalue weighted by Crippen LogP contribution is -2.17. The van der Waals surface area contributed by atoms with E-state index in [2.05, 4.69) is 48.6 Å². The lowest BCUT2D eigenvalue weighted by atomic mass is 9.97. The lowest BCUT2D eigenvalue weighted by Gasteiger charge is -2.18. The largest absolute Gasteiger partial charge is 0.494 e. The summed E-state index contributed by atoms with van der Waals surface area (Å²) < 4.78 is 5.48. The third kappa shape index (κ3) is 3.36. The van der Waals surface area contributed by atoms with Crippen molar-refractivity contribution in [2.24, 2.45) is 0 Å². The van der Waals surface area contributed by atoms with Gasteiger partial charge in [-0.15, -0.1) is 0 Å². The Morgan fingerprint density at radius 2 is 1.79 bits per heavy atom. The molecule has 0 aliphatic heterocycles. The molecule has 0 saturated carbocycles. The lowest BCUT2D eigenvalue weighted by molar-refractivity contribution is 0.340. The number of ether oxygens (including phenoxy) is 1. The number of hydrogen-bond donors (Lipinski definition) is 1. The molecule has 0 aliphatic rings. The quantitative estimate of drug-likeness (QED) is 0.879. The van der Waals surface area contributed by atoms with E-state index in [1.54, 1.807) is 0 Å². The van der Waals surface area contributed by atoms with Crippen LogP contribution in [0.2, 0.25) is 0 Å². The van der Waals surface area contributed by atoms with E-state index in [0.29, 0.717) is 6.61 Å². The van der Waals surface area contributed by atoms with Crippen LogP contribution in [0.4, 0.5) is 0 Å². The molecule has 2 heteroatoms. The molecule has 0 aromatic heterocycles. The molecule has 0 heterocycles. The SMILES string of the molecule is CCOc1ccc(C(NC)c2cccc(C)c2)cc1. The van der Waals surface area contributed by atoms with E-state index < -0.39 is 0 Å². The summed E-state index contributed by atoms with van der Waals surface area (Å²) in [5, 5.41) is 3.37. The van der Waals surface area contributed by atoms with Crippen LogP contribution in [-0.2, 0) is 0 Å². The Morgan fingerprint density at radius 3 is 2.37 bits per heavy atom. The molecule has 1 atom stereocenters. The zero-order valence-corrected chi connectivity index (χ0v) is 11.8. The smallest absolute Gasteiger partial charge is 0.119 e. The van der Waals surface area contributed by atoms with E-state index in [4.69, 9.17) is 4.74 Å². The maximum absolute atomic E-state index is 5.48. The van der Waals surface area contributed by atoms with Gasteiger partial charge in [0.25, 0.3) is 0 Å². The zero-order chi connectivity index (χ0) is 13.7. The molecule has 100 valence electrons. The maximum Gasteiger partial charge on any atom is 0.119 e. The van der Waals surface area contributed by atoms with E-state index in [1.807, 2.05) is 26.1 Å². The second-order valence-corrected chi connectivity index (χ2v) is 4.64. The number of rotatable bonds is 5. The average Bonchev–Trinajstić information content (AvgIpc) is 2.42. The normalized spacial score (nSPS) is 12.2. The molecule has 1 unspecified atom stereocenters. The van der Waals surface area contributed by atoms with Crippen molar-refractivity contribution >= 4 is 0 Å². The van der Waals surface area contributed by atoms with Crippen LogP contribution < -0.4 is 10.1 Å². The molecule has 0 bridgehead atoms. The fourth-order valence-corrected chi connectivity index (χ4v) is 2.30. The molecule has 0 saturated heterocycles. The number of aryl methyl sites for hydroxylation is 1. The molecule has 2 rings (SSSR count). The van der Waals surface area contributed by atoms with Crippen molar-refractivity contribution in [2.45, 2.75) is 19.9 Å². The summed E-state index contributed by atoms with van der Waals surface area (Å²) in [6.07, 6.45) is 0. The van der Waals surface area contributed by atoms with Crippen molar-refractivity contribution in [3.63, 3.8) is 0 Å². The average molecular weight is 255 g/mol. The summed E-state index contributed by atoms with van der Waals surface area (Å²) in [4.78, 5) is 0. The summed E-state index contributed by atoms with van der Waals surface area (Å²) in [6.45, 7) is 4.82. The van der Waals surface area contributed by atoms with Gasteiger partial charge in [-0.2, -0.15) is 0 Å². The van der Waals surface area contributed by atoms with Crippen molar-refractivity contribution in [3.05, 3.63) is 65.2 Å².